The van der Waals surface area contributed by atoms with Crippen LogP contribution in [0.2, 0.25) is 0 Å². The van der Waals surface area contributed by atoms with Gasteiger partial charge in [0.25, 0.3) is 0 Å². The molecule has 2 aromatic carbocycles. The van der Waals surface area contributed by atoms with Gasteiger partial charge in [-0.1, -0.05) is 36.8 Å². The van der Waals surface area contributed by atoms with E-state index in [1.165, 1.54) is 0 Å². The number of hydrogen-bond acceptors (Lipinski definition) is 6. The fourth-order valence-corrected chi connectivity index (χ4v) is 2.17. The first-order chi connectivity index (χ1) is 12.1. The molecule has 0 amide bonds. The first-order valence-corrected chi connectivity index (χ1v) is 9.90. The van der Waals surface area contributed by atoms with Gasteiger partial charge in [0.15, 0.2) is 0 Å². The Balaban J connectivity index is 0.000000597. The van der Waals surface area contributed by atoms with Gasteiger partial charge in [0, 0.05) is 19.1 Å². The van der Waals surface area contributed by atoms with Crippen molar-refractivity contribution in [3.63, 3.8) is 0 Å². The van der Waals surface area contributed by atoms with E-state index in [1.54, 1.807) is 0 Å². The number of benzene rings is 2. The Bertz CT molecular complexity index is 842. The van der Waals surface area contributed by atoms with Gasteiger partial charge < -0.3 is 15.0 Å². The summed E-state index contributed by atoms with van der Waals surface area (Å²) in [6.07, 6.45) is 4.09. The van der Waals surface area contributed by atoms with E-state index in [0.717, 1.165) is 30.0 Å². The molecule has 0 saturated carbocycles. The third-order valence-corrected chi connectivity index (χ3v) is 3.28. The van der Waals surface area contributed by atoms with Crippen molar-refractivity contribution in [2.45, 2.75) is 32.1 Å². The number of rotatable bonds is 7. The number of carbonyl (C=O) groups excluding carboxylic acids is 1. The van der Waals surface area contributed by atoms with Gasteiger partial charge in [0.2, 0.25) is 0 Å². The fraction of sp³-hybridized carbons (Fsp3) is 0.333. The molecule has 0 heterocycles. The molecule has 26 heavy (non-hydrogen) atoms. The lowest BCUT2D eigenvalue weighted by molar-refractivity contribution is -0.134. The quantitative estimate of drug-likeness (QED) is 0.190. The summed E-state index contributed by atoms with van der Waals surface area (Å²) in [5.74, 6) is 0.573. The average molecular weight is 379 g/mol. The molecule has 0 spiro atoms. The number of nitrogens with one attached hydrogen (secondary N) is 1. The first kappa shape index (κ1) is 21.6. The van der Waals surface area contributed by atoms with Crippen LogP contribution in [-0.2, 0) is 14.9 Å². The molecule has 0 bridgehead atoms. The Labute approximate surface area is 153 Å². The highest BCUT2D eigenvalue weighted by molar-refractivity contribution is 7.84. The smallest absolute Gasteiger partial charge is 0.311 e. The number of carbonyl (C=O) groups is 1. The highest BCUT2D eigenvalue weighted by Crippen LogP contribution is 2.21. The molecule has 3 N–H and O–H groups in total. The number of esters is 1. The molecular formula is C18H23N2O5S-. The van der Waals surface area contributed by atoms with E-state index in [2.05, 4.69) is 0 Å². The zero-order valence-corrected chi connectivity index (χ0v) is 15.4. The SMILES string of the molecule is CS(=O)(=O)[O-].N=C(N)CCCCCC(=O)Oc1ccc2ccccc2c1. The summed E-state index contributed by atoms with van der Waals surface area (Å²) in [5, 5.41) is 9.30. The minimum absolute atomic E-state index is 0.203. The summed E-state index contributed by atoms with van der Waals surface area (Å²) in [5.41, 5.74) is 5.27. The van der Waals surface area contributed by atoms with Gasteiger partial charge in [0.1, 0.15) is 5.75 Å². The monoisotopic (exact) mass is 379 g/mol. The zero-order chi connectivity index (χ0) is 19.6. The van der Waals surface area contributed by atoms with Crippen molar-refractivity contribution in [1.29, 1.82) is 5.41 Å². The van der Waals surface area contributed by atoms with Crippen LogP contribution in [0.15, 0.2) is 42.5 Å². The Hall–Kier alpha value is -2.45. The van der Waals surface area contributed by atoms with Gasteiger partial charge in [-0.3, -0.25) is 10.2 Å². The molecule has 142 valence electrons. The Morgan fingerprint density at radius 2 is 1.65 bits per heavy atom. The number of fused-ring (bicyclic) bond motifs is 1. The third-order valence-electron chi connectivity index (χ3n) is 3.28. The lowest BCUT2D eigenvalue weighted by Gasteiger charge is -2.06. The molecule has 2 rings (SSSR count). The summed E-state index contributed by atoms with van der Waals surface area (Å²) < 4.78 is 32.6. The normalized spacial score (nSPS) is 10.7. The van der Waals surface area contributed by atoms with E-state index in [0.29, 0.717) is 24.8 Å². The van der Waals surface area contributed by atoms with Gasteiger partial charge in [-0.25, -0.2) is 8.42 Å². The summed E-state index contributed by atoms with van der Waals surface area (Å²) in [7, 11) is -3.92. The van der Waals surface area contributed by atoms with Crippen molar-refractivity contribution in [2.24, 2.45) is 5.73 Å². The van der Waals surface area contributed by atoms with Crippen LogP contribution in [0.3, 0.4) is 0 Å². The second-order valence-electron chi connectivity index (χ2n) is 5.77. The molecule has 0 aliphatic carbocycles. The van der Waals surface area contributed by atoms with Gasteiger partial charge in [0.05, 0.1) is 16.0 Å². The molecule has 0 aliphatic rings. The maximum absolute atomic E-state index is 11.8. The highest BCUT2D eigenvalue weighted by atomic mass is 32.2. The summed E-state index contributed by atoms with van der Waals surface area (Å²) in [6.45, 7) is 0. The van der Waals surface area contributed by atoms with E-state index >= 15 is 0 Å². The third kappa shape index (κ3) is 10.4. The van der Waals surface area contributed by atoms with Crippen LogP contribution < -0.4 is 10.5 Å². The predicted octanol–water partition coefficient (Wildman–Crippen LogP) is 2.79. The van der Waals surface area contributed by atoms with Crippen LogP contribution in [0.5, 0.6) is 5.75 Å². The minimum atomic E-state index is -3.92. The number of nitrogens with two attached hydrogens (primary N) is 1. The number of amidine groups is 1. The second kappa shape index (κ2) is 10.5. The maximum atomic E-state index is 11.8. The van der Waals surface area contributed by atoms with Crippen LogP contribution in [0.4, 0.5) is 0 Å². The van der Waals surface area contributed by atoms with Crippen molar-refractivity contribution in [3.8, 4) is 5.75 Å². The Morgan fingerprint density at radius 1 is 1.08 bits per heavy atom. The standard InChI is InChI=1S/C17H20N2O2.CH4O3S/c18-16(19)8-2-1-3-9-17(20)21-15-11-10-13-6-4-5-7-14(13)12-15;1-5(2,3)4/h4-7,10-12H,1-3,8-9H2,(H3,18,19);1H3,(H,2,3,4)/p-1. The molecule has 0 aromatic heterocycles. The number of ether oxygens (including phenoxy) is 1. The van der Waals surface area contributed by atoms with Gasteiger partial charge >= 0.3 is 5.97 Å². The topological polar surface area (TPSA) is 133 Å². The Morgan fingerprint density at radius 3 is 2.27 bits per heavy atom. The largest absolute Gasteiger partial charge is 0.748 e. The van der Waals surface area contributed by atoms with Crippen molar-refractivity contribution in [3.05, 3.63) is 42.5 Å². The summed E-state index contributed by atoms with van der Waals surface area (Å²) in [6, 6.07) is 13.6. The predicted molar refractivity (Wildman–Crippen MR) is 100 cm³/mol. The van der Waals surface area contributed by atoms with Crippen molar-refractivity contribution < 1.29 is 22.5 Å². The van der Waals surface area contributed by atoms with Gasteiger partial charge in [-0.2, -0.15) is 0 Å². The Kier molecular flexibility index (Phi) is 8.74. The van der Waals surface area contributed by atoms with Crippen LogP contribution in [0.1, 0.15) is 32.1 Å². The molecule has 2 aromatic rings. The van der Waals surface area contributed by atoms with Gasteiger partial charge in [-0.05, 0) is 35.7 Å². The molecule has 0 fully saturated rings. The van der Waals surface area contributed by atoms with Crippen molar-refractivity contribution >= 4 is 32.7 Å². The molecule has 0 atom stereocenters. The van der Waals surface area contributed by atoms with Crippen LogP contribution in [-0.4, -0.2) is 31.0 Å². The van der Waals surface area contributed by atoms with E-state index in [1.807, 2.05) is 42.5 Å². The van der Waals surface area contributed by atoms with Crippen LogP contribution in [0.25, 0.3) is 10.8 Å². The molecule has 0 unspecified atom stereocenters. The molecular weight excluding hydrogens is 356 g/mol. The molecule has 0 aliphatic heterocycles. The zero-order valence-electron chi connectivity index (χ0n) is 14.6. The summed E-state index contributed by atoms with van der Waals surface area (Å²) in [4.78, 5) is 11.8. The summed E-state index contributed by atoms with van der Waals surface area (Å²) >= 11 is 0. The molecule has 7 nitrogen and oxygen atoms in total. The second-order valence-corrected chi connectivity index (χ2v) is 7.18. The van der Waals surface area contributed by atoms with E-state index in [9.17, 15) is 4.79 Å². The van der Waals surface area contributed by atoms with E-state index in [-0.39, 0.29) is 11.8 Å². The maximum Gasteiger partial charge on any atom is 0.311 e. The molecule has 0 radical (unpaired) electrons. The van der Waals surface area contributed by atoms with Crippen molar-refractivity contribution in [1.82, 2.24) is 0 Å². The minimum Gasteiger partial charge on any atom is -0.748 e. The van der Waals surface area contributed by atoms with Crippen molar-refractivity contribution in [2.75, 3.05) is 6.26 Å². The number of hydrogen-bond donors (Lipinski definition) is 2. The number of unbranched alkanes of at least 4 members (excludes halogenated alkanes) is 2. The average Bonchev–Trinajstić information content (AvgIpc) is 2.52. The molecule has 8 heteroatoms. The fourth-order valence-electron chi connectivity index (χ4n) is 2.17. The van der Waals surface area contributed by atoms with Gasteiger partial charge in [-0.15, -0.1) is 0 Å². The first-order valence-electron chi connectivity index (χ1n) is 8.08. The highest BCUT2D eigenvalue weighted by Gasteiger charge is 2.05. The van der Waals surface area contributed by atoms with Crippen LogP contribution >= 0.6 is 0 Å². The van der Waals surface area contributed by atoms with E-state index < -0.39 is 10.1 Å². The van der Waals surface area contributed by atoms with E-state index in [4.69, 9.17) is 28.9 Å². The lowest BCUT2D eigenvalue weighted by Crippen LogP contribution is -2.09. The lowest BCUT2D eigenvalue weighted by atomic mass is 10.1. The van der Waals surface area contributed by atoms with Crippen LogP contribution in [0, 0.1) is 5.41 Å². The molecule has 0 saturated heterocycles.